The molecule has 1 aromatic rings. The average Bonchev–Trinajstić information content (AvgIpc) is 2.51. The first kappa shape index (κ1) is 18.0. The SMILES string of the molecule is C[C@H]1OCCN[C@@H]1C(=O)N(C)CC(=O)Nc1c(Cl)cccc1Cl. The van der Waals surface area contributed by atoms with Gasteiger partial charge in [-0.3, -0.25) is 9.59 Å². The maximum Gasteiger partial charge on any atom is 0.244 e. The number of halogens is 2. The van der Waals surface area contributed by atoms with Crippen LogP contribution in [0.5, 0.6) is 0 Å². The maximum absolute atomic E-state index is 12.4. The summed E-state index contributed by atoms with van der Waals surface area (Å²) in [6.45, 7) is 2.90. The highest BCUT2D eigenvalue weighted by atomic mass is 35.5. The number of amides is 2. The number of hydrogen-bond donors (Lipinski definition) is 2. The summed E-state index contributed by atoms with van der Waals surface area (Å²) in [4.78, 5) is 25.9. The average molecular weight is 360 g/mol. The third kappa shape index (κ3) is 4.57. The topological polar surface area (TPSA) is 70.7 Å². The van der Waals surface area contributed by atoms with Crippen LogP contribution >= 0.6 is 23.2 Å². The fourth-order valence-corrected chi connectivity index (χ4v) is 2.83. The molecule has 1 saturated heterocycles. The first-order valence-electron chi connectivity index (χ1n) is 7.24. The number of anilines is 1. The van der Waals surface area contributed by atoms with Crippen molar-refractivity contribution in [1.82, 2.24) is 10.2 Å². The van der Waals surface area contributed by atoms with Crippen LogP contribution in [-0.4, -0.2) is 55.6 Å². The van der Waals surface area contributed by atoms with Gasteiger partial charge in [0.15, 0.2) is 0 Å². The molecule has 1 heterocycles. The molecule has 1 fully saturated rings. The quantitative estimate of drug-likeness (QED) is 0.859. The minimum absolute atomic E-state index is 0.106. The van der Waals surface area contributed by atoms with Gasteiger partial charge in [-0.05, 0) is 19.1 Å². The zero-order chi connectivity index (χ0) is 17.0. The Hall–Kier alpha value is -1.34. The molecule has 2 amide bonds. The van der Waals surface area contributed by atoms with Gasteiger partial charge in [0.05, 0.1) is 35.0 Å². The fourth-order valence-electron chi connectivity index (χ4n) is 2.34. The van der Waals surface area contributed by atoms with E-state index in [1.54, 1.807) is 25.2 Å². The van der Waals surface area contributed by atoms with Gasteiger partial charge in [0.25, 0.3) is 0 Å². The van der Waals surface area contributed by atoms with Crippen molar-refractivity contribution < 1.29 is 14.3 Å². The second kappa shape index (κ2) is 7.97. The number of morpholine rings is 1. The summed E-state index contributed by atoms with van der Waals surface area (Å²) in [6, 6.07) is 4.49. The van der Waals surface area contributed by atoms with E-state index in [1.807, 2.05) is 6.92 Å². The number of likely N-dealkylation sites (N-methyl/N-ethyl adjacent to an activating group) is 1. The number of hydrogen-bond acceptors (Lipinski definition) is 4. The van der Waals surface area contributed by atoms with Gasteiger partial charge in [0.2, 0.25) is 11.8 Å². The summed E-state index contributed by atoms with van der Waals surface area (Å²) in [7, 11) is 1.57. The molecule has 23 heavy (non-hydrogen) atoms. The molecule has 0 unspecified atom stereocenters. The maximum atomic E-state index is 12.4. The van der Waals surface area contributed by atoms with E-state index < -0.39 is 6.04 Å². The van der Waals surface area contributed by atoms with Crippen molar-refractivity contribution in [2.45, 2.75) is 19.1 Å². The molecule has 0 bridgehead atoms. The van der Waals surface area contributed by atoms with Crippen LogP contribution in [0.1, 0.15) is 6.92 Å². The van der Waals surface area contributed by atoms with Crippen LogP contribution in [-0.2, 0) is 14.3 Å². The van der Waals surface area contributed by atoms with Gasteiger partial charge in [-0.25, -0.2) is 0 Å². The van der Waals surface area contributed by atoms with E-state index in [0.29, 0.717) is 28.9 Å². The van der Waals surface area contributed by atoms with Gasteiger partial charge in [0, 0.05) is 13.6 Å². The van der Waals surface area contributed by atoms with Crippen LogP contribution in [0, 0.1) is 0 Å². The number of carbonyl (C=O) groups is 2. The Balaban J connectivity index is 1.95. The third-order valence-electron chi connectivity index (χ3n) is 3.57. The Morgan fingerprint density at radius 2 is 2.04 bits per heavy atom. The zero-order valence-electron chi connectivity index (χ0n) is 12.9. The molecule has 6 nitrogen and oxygen atoms in total. The Kier molecular flexibility index (Phi) is 6.24. The predicted octanol–water partition coefficient (Wildman–Crippen LogP) is 1.77. The molecule has 2 atom stereocenters. The van der Waals surface area contributed by atoms with Crippen molar-refractivity contribution in [2.24, 2.45) is 0 Å². The van der Waals surface area contributed by atoms with E-state index in [0.717, 1.165) is 0 Å². The van der Waals surface area contributed by atoms with Gasteiger partial charge < -0.3 is 20.3 Å². The van der Waals surface area contributed by atoms with Crippen LogP contribution in [0.15, 0.2) is 18.2 Å². The lowest BCUT2D eigenvalue weighted by Crippen LogP contribution is -2.56. The Morgan fingerprint density at radius 3 is 2.65 bits per heavy atom. The van der Waals surface area contributed by atoms with Crippen molar-refractivity contribution >= 4 is 40.7 Å². The lowest BCUT2D eigenvalue weighted by atomic mass is 10.1. The summed E-state index contributed by atoms with van der Waals surface area (Å²) in [6.07, 6.45) is -0.236. The summed E-state index contributed by atoms with van der Waals surface area (Å²) in [5.74, 6) is -0.571. The molecule has 0 spiro atoms. The Labute approximate surface area is 145 Å². The molecule has 1 aliphatic heterocycles. The molecule has 0 aliphatic carbocycles. The van der Waals surface area contributed by atoms with Crippen LogP contribution in [0.3, 0.4) is 0 Å². The summed E-state index contributed by atoms with van der Waals surface area (Å²) < 4.78 is 5.45. The van der Waals surface area contributed by atoms with E-state index in [9.17, 15) is 9.59 Å². The molecular weight excluding hydrogens is 341 g/mol. The Bertz CT molecular complexity index is 577. The van der Waals surface area contributed by atoms with Gasteiger partial charge in [-0.1, -0.05) is 29.3 Å². The largest absolute Gasteiger partial charge is 0.375 e. The molecular formula is C15H19Cl2N3O3. The zero-order valence-corrected chi connectivity index (χ0v) is 14.4. The van der Waals surface area contributed by atoms with Crippen LogP contribution in [0.4, 0.5) is 5.69 Å². The van der Waals surface area contributed by atoms with Crippen molar-refractivity contribution in [1.29, 1.82) is 0 Å². The third-order valence-corrected chi connectivity index (χ3v) is 4.20. The van der Waals surface area contributed by atoms with Gasteiger partial charge >= 0.3 is 0 Å². The first-order valence-corrected chi connectivity index (χ1v) is 7.99. The van der Waals surface area contributed by atoms with Crippen molar-refractivity contribution in [3.05, 3.63) is 28.2 Å². The monoisotopic (exact) mass is 359 g/mol. The molecule has 126 valence electrons. The molecule has 1 aliphatic rings. The van der Waals surface area contributed by atoms with Gasteiger partial charge in [-0.2, -0.15) is 0 Å². The highest BCUT2D eigenvalue weighted by Gasteiger charge is 2.31. The number of carbonyl (C=O) groups excluding carboxylic acids is 2. The Morgan fingerprint density at radius 1 is 1.39 bits per heavy atom. The number of nitrogens with one attached hydrogen (secondary N) is 2. The van der Waals surface area contributed by atoms with Crippen LogP contribution in [0.2, 0.25) is 10.0 Å². The van der Waals surface area contributed by atoms with E-state index in [-0.39, 0.29) is 24.5 Å². The summed E-state index contributed by atoms with van der Waals surface area (Å²) in [5, 5.41) is 6.42. The summed E-state index contributed by atoms with van der Waals surface area (Å²) >= 11 is 12.0. The number of ether oxygens (including phenoxy) is 1. The van der Waals surface area contributed by atoms with Gasteiger partial charge in [-0.15, -0.1) is 0 Å². The van der Waals surface area contributed by atoms with Gasteiger partial charge in [0.1, 0.15) is 6.04 Å². The van der Waals surface area contributed by atoms with E-state index in [4.69, 9.17) is 27.9 Å². The lowest BCUT2D eigenvalue weighted by molar-refractivity contribution is -0.140. The van der Waals surface area contributed by atoms with Crippen molar-refractivity contribution in [2.75, 3.05) is 32.1 Å². The van der Waals surface area contributed by atoms with E-state index >= 15 is 0 Å². The minimum atomic E-state index is -0.453. The highest BCUT2D eigenvalue weighted by molar-refractivity contribution is 6.39. The fraction of sp³-hybridized carbons (Fsp3) is 0.467. The summed E-state index contributed by atoms with van der Waals surface area (Å²) in [5.41, 5.74) is 0.342. The normalized spacial score (nSPS) is 20.9. The molecule has 1 aromatic carbocycles. The van der Waals surface area contributed by atoms with Crippen molar-refractivity contribution in [3.8, 4) is 0 Å². The first-order chi connectivity index (χ1) is 10.9. The number of nitrogens with zero attached hydrogens (tertiary/aromatic N) is 1. The van der Waals surface area contributed by atoms with E-state index in [2.05, 4.69) is 10.6 Å². The minimum Gasteiger partial charge on any atom is -0.375 e. The van der Waals surface area contributed by atoms with E-state index in [1.165, 1.54) is 4.90 Å². The molecule has 2 N–H and O–H groups in total. The molecule has 8 heteroatoms. The van der Waals surface area contributed by atoms with Crippen molar-refractivity contribution in [3.63, 3.8) is 0 Å². The lowest BCUT2D eigenvalue weighted by Gasteiger charge is -2.32. The second-order valence-corrected chi connectivity index (χ2v) is 6.16. The number of benzene rings is 1. The molecule has 2 rings (SSSR count). The number of rotatable bonds is 4. The van der Waals surface area contributed by atoms with Crippen LogP contribution < -0.4 is 10.6 Å². The smallest absolute Gasteiger partial charge is 0.244 e. The molecule has 0 saturated carbocycles. The molecule has 0 radical (unpaired) electrons. The standard InChI is InChI=1S/C15H19Cl2N3O3/c1-9-13(18-6-7-23-9)15(22)20(2)8-12(21)19-14-10(16)4-3-5-11(14)17/h3-5,9,13,18H,6-8H2,1-2H3,(H,19,21)/t9-,13+/m1/s1. The second-order valence-electron chi connectivity index (χ2n) is 5.35. The van der Waals surface area contributed by atoms with Crippen LogP contribution in [0.25, 0.3) is 0 Å². The highest BCUT2D eigenvalue weighted by Crippen LogP contribution is 2.29. The molecule has 0 aromatic heterocycles. The predicted molar refractivity (Wildman–Crippen MR) is 89.9 cm³/mol. The number of para-hydroxylation sites is 1.